The first-order valence-corrected chi connectivity index (χ1v) is 6.98. The van der Waals surface area contributed by atoms with Crippen LogP contribution in [-0.2, 0) is 4.74 Å². The topological polar surface area (TPSA) is 35.5 Å². The van der Waals surface area contributed by atoms with E-state index in [4.69, 9.17) is 9.47 Å². The van der Waals surface area contributed by atoms with Gasteiger partial charge in [0.25, 0.3) is 0 Å². The Morgan fingerprint density at radius 1 is 1.16 bits per heavy atom. The number of ketones is 1. The summed E-state index contributed by atoms with van der Waals surface area (Å²) in [6.07, 6.45) is 0.605. The Morgan fingerprint density at radius 2 is 1.79 bits per heavy atom. The average molecular weight is 264 g/mol. The highest BCUT2D eigenvalue weighted by molar-refractivity contribution is 5.99. The van der Waals surface area contributed by atoms with Gasteiger partial charge in [0.05, 0.1) is 6.61 Å². The van der Waals surface area contributed by atoms with E-state index in [-0.39, 0.29) is 17.8 Å². The van der Waals surface area contributed by atoms with Gasteiger partial charge in [0.15, 0.2) is 5.78 Å². The van der Waals surface area contributed by atoms with Crippen molar-refractivity contribution >= 4 is 5.78 Å². The van der Waals surface area contributed by atoms with Crippen molar-refractivity contribution < 1.29 is 14.3 Å². The smallest absolute Gasteiger partial charge is 0.191 e. The number of ether oxygens (including phenoxy) is 2. The summed E-state index contributed by atoms with van der Waals surface area (Å²) >= 11 is 0. The van der Waals surface area contributed by atoms with Gasteiger partial charge in [0.2, 0.25) is 0 Å². The Labute approximate surface area is 115 Å². The predicted octanol–water partition coefficient (Wildman–Crippen LogP) is 3.72. The highest BCUT2D eigenvalue weighted by atomic mass is 16.5. The minimum absolute atomic E-state index is 0.0406. The minimum Gasteiger partial charge on any atom is -0.494 e. The summed E-state index contributed by atoms with van der Waals surface area (Å²) in [6.45, 7) is 9.21. The van der Waals surface area contributed by atoms with Crippen molar-refractivity contribution in [2.45, 2.75) is 40.2 Å². The Morgan fingerprint density at radius 3 is 2.26 bits per heavy atom. The van der Waals surface area contributed by atoms with Gasteiger partial charge < -0.3 is 9.47 Å². The molecule has 0 saturated heterocycles. The molecule has 0 aliphatic heterocycles. The molecule has 0 radical (unpaired) electrons. The molecule has 0 amide bonds. The Hall–Kier alpha value is -1.35. The second-order valence-corrected chi connectivity index (χ2v) is 4.86. The lowest BCUT2D eigenvalue weighted by Gasteiger charge is -2.19. The predicted molar refractivity (Wildman–Crippen MR) is 76.8 cm³/mol. The number of carbonyl (C=O) groups is 1. The molecule has 1 aromatic rings. The van der Waals surface area contributed by atoms with Crippen LogP contribution in [0, 0.1) is 5.92 Å². The maximum absolute atomic E-state index is 12.3. The van der Waals surface area contributed by atoms with Gasteiger partial charge in [-0.3, -0.25) is 4.79 Å². The Balaban J connectivity index is 2.75. The van der Waals surface area contributed by atoms with Crippen molar-refractivity contribution in [3.05, 3.63) is 29.8 Å². The van der Waals surface area contributed by atoms with Crippen LogP contribution in [-0.4, -0.2) is 25.1 Å². The molecule has 0 heterocycles. The van der Waals surface area contributed by atoms with Crippen LogP contribution in [0.3, 0.4) is 0 Å². The number of hydrogen-bond donors (Lipinski definition) is 0. The van der Waals surface area contributed by atoms with Crippen molar-refractivity contribution in [1.29, 1.82) is 0 Å². The van der Waals surface area contributed by atoms with E-state index < -0.39 is 0 Å². The summed E-state index contributed by atoms with van der Waals surface area (Å²) in [4.78, 5) is 12.3. The fourth-order valence-electron chi connectivity index (χ4n) is 1.85. The summed E-state index contributed by atoms with van der Waals surface area (Å²) in [5, 5.41) is 0. The number of Topliss-reactive ketones (excluding diaryl/α,β-unsaturated/α-hetero) is 1. The largest absolute Gasteiger partial charge is 0.494 e. The van der Waals surface area contributed by atoms with E-state index >= 15 is 0 Å². The van der Waals surface area contributed by atoms with Crippen LogP contribution >= 0.6 is 0 Å². The fraction of sp³-hybridized carbons (Fsp3) is 0.562. The van der Waals surface area contributed by atoms with Crippen molar-refractivity contribution in [3.63, 3.8) is 0 Å². The van der Waals surface area contributed by atoms with Gasteiger partial charge in [-0.05, 0) is 43.5 Å². The van der Waals surface area contributed by atoms with Gasteiger partial charge in [0.1, 0.15) is 11.9 Å². The van der Waals surface area contributed by atoms with Crippen LogP contribution in [0.1, 0.15) is 44.5 Å². The Kier molecular flexibility index (Phi) is 6.57. The molecule has 0 fully saturated rings. The quantitative estimate of drug-likeness (QED) is 0.671. The van der Waals surface area contributed by atoms with Gasteiger partial charge in [-0.25, -0.2) is 0 Å². The zero-order chi connectivity index (χ0) is 14.3. The van der Waals surface area contributed by atoms with E-state index in [0.29, 0.717) is 18.8 Å². The molecule has 19 heavy (non-hydrogen) atoms. The second-order valence-electron chi connectivity index (χ2n) is 4.86. The van der Waals surface area contributed by atoms with Crippen molar-refractivity contribution in [2.75, 3.05) is 13.2 Å². The van der Waals surface area contributed by atoms with Gasteiger partial charge in [-0.1, -0.05) is 20.8 Å². The van der Waals surface area contributed by atoms with E-state index in [2.05, 4.69) is 6.92 Å². The third kappa shape index (κ3) is 4.67. The fourth-order valence-corrected chi connectivity index (χ4v) is 1.85. The first-order valence-electron chi connectivity index (χ1n) is 6.98. The molecule has 0 bridgehead atoms. The third-order valence-electron chi connectivity index (χ3n) is 2.82. The monoisotopic (exact) mass is 264 g/mol. The van der Waals surface area contributed by atoms with Gasteiger partial charge >= 0.3 is 0 Å². The van der Waals surface area contributed by atoms with E-state index in [1.54, 1.807) is 0 Å². The van der Waals surface area contributed by atoms with Crippen molar-refractivity contribution in [1.82, 2.24) is 0 Å². The summed E-state index contributed by atoms with van der Waals surface area (Å²) in [6, 6.07) is 7.29. The molecule has 0 N–H and O–H groups in total. The molecule has 0 aromatic heterocycles. The molecule has 1 unspecified atom stereocenters. The van der Waals surface area contributed by atoms with Crippen LogP contribution < -0.4 is 4.74 Å². The second kappa shape index (κ2) is 7.95. The SMILES string of the molecule is CCCOc1ccc(C(=O)C(OCC)C(C)C)cc1. The molecular formula is C16H24O3. The number of rotatable bonds is 8. The van der Waals surface area contributed by atoms with Crippen molar-refractivity contribution in [2.24, 2.45) is 5.92 Å². The number of hydrogen-bond acceptors (Lipinski definition) is 3. The van der Waals surface area contributed by atoms with Gasteiger partial charge in [-0.15, -0.1) is 0 Å². The highest BCUT2D eigenvalue weighted by Crippen LogP contribution is 2.17. The third-order valence-corrected chi connectivity index (χ3v) is 2.82. The van der Waals surface area contributed by atoms with Crippen molar-refractivity contribution in [3.8, 4) is 5.75 Å². The van der Waals surface area contributed by atoms with E-state index in [1.807, 2.05) is 45.0 Å². The number of benzene rings is 1. The molecular weight excluding hydrogens is 240 g/mol. The van der Waals surface area contributed by atoms with Crippen LogP contribution in [0.2, 0.25) is 0 Å². The lowest BCUT2D eigenvalue weighted by molar-refractivity contribution is 0.0279. The molecule has 3 nitrogen and oxygen atoms in total. The zero-order valence-corrected chi connectivity index (χ0v) is 12.3. The lowest BCUT2D eigenvalue weighted by atomic mass is 9.97. The summed E-state index contributed by atoms with van der Waals surface area (Å²) in [5.74, 6) is 1.01. The van der Waals surface area contributed by atoms with E-state index in [0.717, 1.165) is 12.2 Å². The molecule has 3 heteroatoms. The van der Waals surface area contributed by atoms with Gasteiger partial charge in [-0.2, -0.15) is 0 Å². The van der Waals surface area contributed by atoms with Crippen LogP contribution in [0.15, 0.2) is 24.3 Å². The molecule has 0 spiro atoms. The maximum Gasteiger partial charge on any atom is 0.191 e. The number of carbonyl (C=O) groups excluding carboxylic acids is 1. The molecule has 1 rings (SSSR count). The summed E-state index contributed by atoms with van der Waals surface area (Å²) in [5.41, 5.74) is 0.677. The molecule has 106 valence electrons. The van der Waals surface area contributed by atoms with E-state index in [1.165, 1.54) is 0 Å². The van der Waals surface area contributed by atoms with Gasteiger partial charge in [0, 0.05) is 12.2 Å². The zero-order valence-electron chi connectivity index (χ0n) is 12.3. The molecule has 1 atom stereocenters. The van der Waals surface area contributed by atoms with Crippen LogP contribution in [0.4, 0.5) is 0 Å². The standard InChI is InChI=1S/C16H24O3/c1-5-11-19-14-9-7-13(8-10-14)15(17)16(12(3)4)18-6-2/h7-10,12,16H,5-6,11H2,1-4H3. The lowest BCUT2D eigenvalue weighted by Crippen LogP contribution is -2.29. The highest BCUT2D eigenvalue weighted by Gasteiger charge is 2.23. The molecule has 1 aromatic carbocycles. The summed E-state index contributed by atoms with van der Waals surface area (Å²) in [7, 11) is 0. The molecule has 0 saturated carbocycles. The van der Waals surface area contributed by atoms with Crippen LogP contribution in [0.25, 0.3) is 0 Å². The molecule has 0 aliphatic carbocycles. The van der Waals surface area contributed by atoms with Crippen LogP contribution in [0.5, 0.6) is 5.75 Å². The maximum atomic E-state index is 12.3. The summed E-state index contributed by atoms with van der Waals surface area (Å²) < 4.78 is 11.0. The first-order chi connectivity index (χ1) is 9.10. The normalized spacial score (nSPS) is 12.5. The Bertz CT molecular complexity index is 381. The average Bonchev–Trinajstić information content (AvgIpc) is 2.42. The molecule has 0 aliphatic rings. The van der Waals surface area contributed by atoms with E-state index in [9.17, 15) is 4.79 Å². The minimum atomic E-state index is -0.368. The first kappa shape index (κ1) is 15.7.